The van der Waals surface area contributed by atoms with E-state index >= 15 is 0 Å². The number of carboxylic acid groups (broad SMARTS) is 1. The average molecular weight is 360 g/mol. The zero-order valence-electron chi connectivity index (χ0n) is 17.3. The predicted octanol–water partition coefficient (Wildman–Crippen LogP) is 5.20. The Hall–Kier alpha value is -0.530. The maximum atomic E-state index is 10.9. The molecule has 0 heterocycles. The van der Waals surface area contributed by atoms with Crippen LogP contribution in [0.5, 0.6) is 0 Å². The Morgan fingerprint density at radius 2 is 1.73 bits per heavy atom. The normalized spacial score (nSPS) is 49.0. The minimum atomic E-state index is -0.871. The highest BCUT2D eigenvalue weighted by Gasteiger charge is 2.59. The van der Waals surface area contributed by atoms with Crippen molar-refractivity contribution in [1.82, 2.24) is 0 Å². The zero-order valence-corrected chi connectivity index (χ0v) is 17.3. The molecule has 4 saturated carbocycles. The first kappa shape index (κ1) is 18.8. The molecule has 2 nitrogen and oxygen atoms in total. The van der Waals surface area contributed by atoms with Crippen LogP contribution in [0.4, 0.5) is 0 Å². The monoisotopic (exact) mass is 359 g/mol. The first-order chi connectivity index (χ1) is 12.4. The molecule has 8 atom stereocenters. The summed E-state index contributed by atoms with van der Waals surface area (Å²) in [6, 6.07) is 0. The van der Waals surface area contributed by atoms with Gasteiger partial charge in [-0.1, -0.05) is 33.6 Å². The van der Waals surface area contributed by atoms with Crippen LogP contribution in [0.15, 0.2) is 0 Å². The fourth-order valence-electron chi connectivity index (χ4n) is 8.82. The molecular formula is C24H39O2-. The third kappa shape index (κ3) is 2.85. The first-order valence-corrected chi connectivity index (χ1v) is 11.6. The van der Waals surface area contributed by atoms with E-state index in [9.17, 15) is 9.90 Å². The summed E-state index contributed by atoms with van der Waals surface area (Å²) in [4.78, 5) is 10.9. The Balaban J connectivity index is 1.52. The smallest absolute Gasteiger partial charge is 0.0414 e. The lowest BCUT2D eigenvalue weighted by atomic mass is 9.44. The van der Waals surface area contributed by atoms with Crippen LogP contribution in [-0.4, -0.2) is 5.97 Å². The molecule has 0 N–H and O–H groups in total. The van der Waals surface area contributed by atoms with Crippen LogP contribution in [0.3, 0.4) is 0 Å². The number of hydrogen-bond acceptors (Lipinski definition) is 2. The summed E-state index contributed by atoms with van der Waals surface area (Å²) in [6.45, 7) is 7.55. The van der Waals surface area contributed by atoms with E-state index in [0.29, 0.717) is 16.7 Å². The van der Waals surface area contributed by atoms with Crippen molar-refractivity contribution in [3.63, 3.8) is 0 Å². The lowest BCUT2D eigenvalue weighted by Gasteiger charge is -2.61. The number of hydrogen-bond donors (Lipinski definition) is 0. The van der Waals surface area contributed by atoms with Gasteiger partial charge in [-0.3, -0.25) is 0 Å². The largest absolute Gasteiger partial charge is 0.550 e. The van der Waals surface area contributed by atoms with Crippen molar-refractivity contribution in [2.24, 2.45) is 46.3 Å². The first-order valence-electron chi connectivity index (χ1n) is 11.6. The summed E-state index contributed by atoms with van der Waals surface area (Å²) >= 11 is 0. The van der Waals surface area contributed by atoms with E-state index in [1.54, 1.807) is 0 Å². The van der Waals surface area contributed by atoms with Gasteiger partial charge in [-0.25, -0.2) is 0 Å². The van der Waals surface area contributed by atoms with Crippen molar-refractivity contribution in [2.75, 3.05) is 0 Å². The van der Waals surface area contributed by atoms with E-state index in [1.165, 1.54) is 64.2 Å². The van der Waals surface area contributed by atoms with Crippen molar-refractivity contribution in [3.05, 3.63) is 0 Å². The third-order valence-electron chi connectivity index (χ3n) is 10.1. The summed E-state index contributed by atoms with van der Waals surface area (Å²) in [5, 5.41) is 10.9. The van der Waals surface area contributed by atoms with Gasteiger partial charge in [0.25, 0.3) is 0 Å². The SMILES string of the molecule is C[C@H](CCC(=O)[O-])[C@H]1CC[C@H]2[C@@H]3CCC4CCCC[C@]4(C)[C@H]3CC[C@]12C. The van der Waals surface area contributed by atoms with Gasteiger partial charge in [0.2, 0.25) is 0 Å². The van der Waals surface area contributed by atoms with Gasteiger partial charge in [0, 0.05) is 5.97 Å². The zero-order chi connectivity index (χ0) is 18.5. The van der Waals surface area contributed by atoms with Gasteiger partial charge in [0.15, 0.2) is 0 Å². The third-order valence-corrected chi connectivity index (χ3v) is 10.1. The van der Waals surface area contributed by atoms with Gasteiger partial charge in [-0.15, -0.1) is 0 Å². The predicted molar refractivity (Wildman–Crippen MR) is 103 cm³/mol. The molecule has 0 radical (unpaired) electrons. The highest BCUT2D eigenvalue weighted by Crippen LogP contribution is 2.68. The number of carbonyl (C=O) groups excluding carboxylic acids is 1. The molecule has 0 saturated heterocycles. The summed E-state index contributed by atoms with van der Waals surface area (Å²) in [6.07, 6.45) is 15.5. The minimum absolute atomic E-state index is 0.240. The highest BCUT2D eigenvalue weighted by molar-refractivity contribution is 5.64. The Morgan fingerprint density at radius 1 is 0.962 bits per heavy atom. The Kier molecular flexibility index (Phi) is 4.93. The van der Waals surface area contributed by atoms with Crippen molar-refractivity contribution in [1.29, 1.82) is 0 Å². The van der Waals surface area contributed by atoms with Crippen LogP contribution < -0.4 is 5.11 Å². The molecule has 0 aliphatic heterocycles. The molecule has 2 heteroatoms. The maximum Gasteiger partial charge on any atom is 0.0414 e. The quantitative estimate of drug-likeness (QED) is 0.692. The maximum absolute atomic E-state index is 10.9. The topological polar surface area (TPSA) is 40.1 Å². The lowest BCUT2D eigenvalue weighted by Crippen LogP contribution is -2.53. The van der Waals surface area contributed by atoms with Crippen molar-refractivity contribution in [2.45, 2.75) is 97.8 Å². The van der Waals surface area contributed by atoms with Crippen molar-refractivity contribution in [3.8, 4) is 0 Å². The van der Waals surface area contributed by atoms with Crippen LogP contribution in [-0.2, 0) is 4.79 Å². The fourth-order valence-corrected chi connectivity index (χ4v) is 8.82. The van der Waals surface area contributed by atoms with Gasteiger partial charge >= 0.3 is 0 Å². The van der Waals surface area contributed by atoms with Crippen LogP contribution >= 0.6 is 0 Å². The minimum Gasteiger partial charge on any atom is -0.550 e. The number of carboxylic acids is 1. The van der Waals surface area contributed by atoms with Gasteiger partial charge in [-0.05, 0) is 111 Å². The van der Waals surface area contributed by atoms with E-state index < -0.39 is 5.97 Å². The number of rotatable bonds is 4. The molecule has 4 fully saturated rings. The second kappa shape index (κ2) is 6.82. The van der Waals surface area contributed by atoms with Gasteiger partial charge in [0.05, 0.1) is 0 Å². The highest BCUT2D eigenvalue weighted by atomic mass is 16.4. The molecule has 0 aromatic heterocycles. The van der Waals surface area contributed by atoms with Crippen molar-refractivity contribution >= 4 is 5.97 Å². The molecule has 0 aromatic carbocycles. The molecule has 4 aliphatic carbocycles. The summed E-state index contributed by atoms with van der Waals surface area (Å²) in [7, 11) is 0. The van der Waals surface area contributed by atoms with E-state index in [4.69, 9.17) is 0 Å². The molecule has 0 spiro atoms. The molecule has 148 valence electrons. The van der Waals surface area contributed by atoms with Gasteiger partial charge in [-0.2, -0.15) is 0 Å². The van der Waals surface area contributed by atoms with Crippen molar-refractivity contribution < 1.29 is 9.90 Å². The molecule has 4 rings (SSSR count). The van der Waals surface area contributed by atoms with Crippen LogP contribution in [0.1, 0.15) is 97.8 Å². The molecule has 0 amide bonds. The second-order valence-corrected chi connectivity index (χ2v) is 11.0. The Morgan fingerprint density at radius 3 is 2.50 bits per heavy atom. The standard InChI is InChI=1S/C24H40O2/c1-16(7-12-22(25)26)19-10-11-20-18-9-8-17-6-4-5-14-23(17,2)21(18)13-15-24(19,20)3/h16-21H,4-15H2,1-3H3,(H,25,26)/p-1/t16-,17?,18+,19-,20+,21+,23+,24-/m1/s1. The molecule has 1 unspecified atom stereocenters. The average Bonchev–Trinajstić information content (AvgIpc) is 2.96. The summed E-state index contributed by atoms with van der Waals surface area (Å²) < 4.78 is 0. The molecule has 26 heavy (non-hydrogen) atoms. The number of aliphatic carboxylic acids is 1. The molecular weight excluding hydrogens is 320 g/mol. The number of fused-ring (bicyclic) bond motifs is 5. The van der Waals surface area contributed by atoms with Crippen LogP contribution in [0.2, 0.25) is 0 Å². The molecule has 0 bridgehead atoms. The fraction of sp³-hybridized carbons (Fsp3) is 0.958. The Bertz CT molecular complexity index is 542. The molecule has 4 aliphatic rings. The summed E-state index contributed by atoms with van der Waals surface area (Å²) in [5.41, 5.74) is 1.09. The van der Waals surface area contributed by atoms with E-state index in [0.717, 1.165) is 36.0 Å². The van der Waals surface area contributed by atoms with E-state index in [2.05, 4.69) is 20.8 Å². The number of carbonyl (C=O) groups is 1. The van der Waals surface area contributed by atoms with E-state index in [1.807, 2.05) is 0 Å². The summed E-state index contributed by atoms with van der Waals surface area (Å²) in [5.74, 6) is 4.20. The van der Waals surface area contributed by atoms with Crippen LogP contribution in [0.25, 0.3) is 0 Å². The molecule has 0 aromatic rings. The Labute approximate surface area is 160 Å². The van der Waals surface area contributed by atoms with Gasteiger partial charge in [0.1, 0.15) is 0 Å². The lowest BCUT2D eigenvalue weighted by molar-refractivity contribution is -0.306. The van der Waals surface area contributed by atoms with E-state index in [-0.39, 0.29) is 6.42 Å². The van der Waals surface area contributed by atoms with Crippen LogP contribution in [0, 0.1) is 46.3 Å². The van der Waals surface area contributed by atoms with Gasteiger partial charge < -0.3 is 9.90 Å². The second-order valence-electron chi connectivity index (χ2n) is 11.0.